The molecular weight excluding hydrogens is 302 g/mol. The van der Waals surface area contributed by atoms with Crippen molar-refractivity contribution in [3.8, 4) is 0 Å². The molecule has 0 aromatic heterocycles. The Balaban J connectivity index is 1.75. The van der Waals surface area contributed by atoms with E-state index in [9.17, 15) is 14.4 Å². The first kappa shape index (κ1) is 15.9. The molecule has 0 saturated carbocycles. The fourth-order valence-corrected chi connectivity index (χ4v) is 2.70. The van der Waals surface area contributed by atoms with Crippen LogP contribution in [0.5, 0.6) is 0 Å². The molecule has 1 fully saturated rings. The van der Waals surface area contributed by atoms with Crippen LogP contribution in [0.25, 0.3) is 6.08 Å². The van der Waals surface area contributed by atoms with Gasteiger partial charge in [-0.1, -0.05) is 60.2 Å². The molecule has 2 aromatic rings. The maximum Gasteiger partial charge on any atom is 0.297 e. The van der Waals surface area contributed by atoms with Crippen LogP contribution in [0.1, 0.15) is 22.6 Å². The van der Waals surface area contributed by atoms with Crippen molar-refractivity contribution in [3.63, 3.8) is 0 Å². The Labute approximate surface area is 140 Å². The second-order valence-corrected chi connectivity index (χ2v) is 5.83. The Bertz CT molecular complexity index is 807. The molecular formula is C20H17NO3. The summed E-state index contributed by atoms with van der Waals surface area (Å²) >= 11 is 0. The van der Waals surface area contributed by atoms with Crippen molar-refractivity contribution in [3.05, 3.63) is 77.4 Å². The number of rotatable bonds is 3. The summed E-state index contributed by atoms with van der Waals surface area (Å²) in [6.07, 6.45) is 2.98. The fourth-order valence-electron chi connectivity index (χ4n) is 2.70. The minimum absolute atomic E-state index is 0.0960. The highest BCUT2D eigenvalue weighted by atomic mass is 16.2. The van der Waals surface area contributed by atoms with Crippen LogP contribution in [0.15, 0.2) is 60.7 Å². The van der Waals surface area contributed by atoms with Crippen LogP contribution in [0, 0.1) is 6.92 Å². The first-order valence-electron chi connectivity index (χ1n) is 7.75. The van der Waals surface area contributed by atoms with Crippen molar-refractivity contribution in [1.29, 1.82) is 0 Å². The Kier molecular flexibility index (Phi) is 4.38. The molecule has 1 aliphatic rings. The number of Topliss-reactive ketones (excluding diaryl/α,β-unsaturated/α-hetero) is 1. The number of carbonyl (C=O) groups excluding carboxylic acids is 3. The van der Waals surface area contributed by atoms with Crippen LogP contribution in [0.2, 0.25) is 0 Å². The summed E-state index contributed by atoms with van der Waals surface area (Å²) < 4.78 is 0. The summed E-state index contributed by atoms with van der Waals surface area (Å²) in [6, 6.07) is 16.7. The number of hydrogen-bond donors (Lipinski definition) is 0. The lowest BCUT2D eigenvalue weighted by Crippen LogP contribution is -2.32. The molecule has 4 nitrogen and oxygen atoms in total. The molecule has 1 atom stereocenters. The SMILES string of the molecule is Cc1ccc(/C=C/C(=O)N2C[C@@H](c3ccccc3)C(=O)C2=O)cc1. The van der Waals surface area contributed by atoms with Crippen LogP contribution >= 0.6 is 0 Å². The minimum Gasteiger partial charge on any atom is -0.288 e. The highest BCUT2D eigenvalue weighted by molar-refractivity contribution is 6.43. The van der Waals surface area contributed by atoms with Crippen molar-refractivity contribution >= 4 is 23.7 Å². The van der Waals surface area contributed by atoms with E-state index in [0.717, 1.165) is 21.6 Å². The number of nitrogens with zero attached hydrogens (tertiary/aromatic N) is 1. The lowest BCUT2D eigenvalue weighted by molar-refractivity contribution is -0.145. The van der Waals surface area contributed by atoms with Gasteiger partial charge in [-0.3, -0.25) is 19.3 Å². The predicted molar refractivity (Wildman–Crippen MR) is 91.1 cm³/mol. The van der Waals surface area contributed by atoms with E-state index in [1.807, 2.05) is 49.4 Å². The zero-order valence-electron chi connectivity index (χ0n) is 13.3. The summed E-state index contributed by atoms with van der Waals surface area (Å²) in [7, 11) is 0. The Hall–Kier alpha value is -3.01. The zero-order chi connectivity index (χ0) is 17.1. The monoisotopic (exact) mass is 319 g/mol. The van der Waals surface area contributed by atoms with Gasteiger partial charge < -0.3 is 0 Å². The van der Waals surface area contributed by atoms with Crippen LogP contribution in [0.4, 0.5) is 0 Å². The number of amides is 2. The lowest BCUT2D eigenvalue weighted by atomic mass is 9.97. The van der Waals surface area contributed by atoms with Crippen molar-refractivity contribution < 1.29 is 14.4 Å². The number of imide groups is 1. The van der Waals surface area contributed by atoms with E-state index in [4.69, 9.17) is 0 Å². The molecule has 120 valence electrons. The molecule has 0 spiro atoms. The maximum absolute atomic E-state index is 12.3. The van der Waals surface area contributed by atoms with E-state index in [1.54, 1.807) is 18.2 Å². The fraction of sp³-hybridized carbons (Fsp3) is 0.150. The number of ketones is 1. The third-order valence-electron chi connectivity index (χ3n) is 4.10. The van der Waals surface area contributed by atoms with Crippen LogP contribution in [0.3, 0.4) is 0 Å². The summed E-state index contributed by atoms with van der Waals surface area (Å²) in [5, 5.41) is 0. The molecule has 2 amide bonds. The van der Waals surface area contributed by atoms with Crippen molar-refractivity contribution in [2.24, 2.45) is 0 Å². The van der Waals surface area contributed by atoms with E-state index < -0.39 is 23.5 Å². The van der Waals surface area contributed by atoms with Crippen LogP contribution in [-0.4, -0.2) is 29.0 Å². The molecule has 0 unspecified atom stereocenters. The number of carbonyl (C=O) groups is 3. The number of aryl methyl sites for hydroxylation is 1. The first-order chi connectivity index (χ1) is 11.6. The smallest absolute Gasteiger partial charge is 0.288 e. The van der Waals surface area contributed by atoms with Gasteiger partial charge in [-0.15, -0.1) is 0 Å². The zero-order valence-corrected chi connectivity index (χ0v) is 13.3. The highest BCUT2D eigenvalue weighted by Gasteiger charge is 2.41. The molecule has 0 N–H and O–H groups in total. The minimum atomic E-state index is -0.734. The molecule has 1 heterocycles. The summed E-state index contributed by atoms with van der Waals surface area (Å²) in [4.78, 5) is 37.6. The van der Waals surface area contributed by atoms with Gasteiger partial charge in [-0.2, -0.15) is 0 Å². The normalized spacial score (nSPS) is 17.7. The Morgan fingerprint density at radius 3 is 2.38 bits per heavy atom. The molecule has 3 rings (SSSR count). The van der Waals surface area contributed by atoms with Gasteiger partial charge in [0.1, 0.15) is 0 Å². The van der Waals surface area contributed by atoms with Crippen molar-refractivity contribution in [2.75, 3.05) is 6.54 Å². The third-order valence-corrected chi connectivity index (χ3v) is 4.10. The van der Waals surface area contributed by atoms with Gasteiger partial charge in [-0.05, 0) is 24.1 Å². The van der Waals surface area contributed by atoms with Gasteiger partial charge in [0, 0.05) is 12.6 Å². The van der Waals surface area contributed by atoms with E-state index >= 15 is 0 Å². The van der Waals surface area contributed by atoms with E-state index in [-0.39, 0.29) is 6.54 Å². The van der Waals surface area contributed by atoms with Gasteiger partial charge in [0.2, 0.25) is 5.78 Å². The Morgan fingerprint density at radius 2 is 1.71 bits per heavy atom. The largest absolute Gasteiger partial charge is 0.297 e. The molecule has 0 radical (unpaired) electrons. The average molecular weight is 319 g/mol. The van der Waals surface area contributed by atoms with E-state index in [1.165, 1.54) is 6.08 Å². The van der Waals surface area contributed by atoms with Crippen molar-refractivity contribution in [2.45, 2.75) is 12.8 Å². The number of likely N-dealkylation sites (tertiary alicyclic amines) is 1. The number of hydrogen-bond acceptors (Lipinski definition) is 3. The van der Waals surface area contributed by atoms with E-state index in [2.05, 4.69) is 0 Å². The highest BCUT2D eigenvalue weighted by Crippen LogP contribution is 2.25. The van der Waals surface area contributed by atoms with Gasteiger partial charge in [-0.25, -0.2) is 0 Å². The summed E-state index contributed by atoms with van der Waals surface area (Å²) in [5.74, 6) is -2.30. The van der Waals surface area contributed by atoms with Crippen LogP contribution in [-0.2, 0) is 14.4 Å². The molecule has 0 bridgehead atoms. The third kappa shape index (κ3) is 3.18. The predicted octanol–water partition coefficient (Wildman–Crippen LogP) is 2.73. The first-order valence-corrected chi connectivity index (χ1v) is 7.75. The number of benzene rings is 2. The Morgan fingerprint density at radius 1 is 1.04 bits per heavy atom. The van der Waals surface area contributed by atoms with E-state index in [0.29, 0.717) is 0 Å². The average Bonchev–Trinajstić information content (AvgIpc) is 2.90. The molecule has 1 saturated heterocycles. The molecule has 4 heteroatoms. The molecule has 0 aliphatic carbocycles. The van der Waals surface area contributed by atoms with Gasteiger partial charge >= 0.3 is 0 Å². The summed E-state index contributed by atoms with van der Waals surface area (Å²) in [6.45, 7) is 2.08. The van der Waals surface area contributed by atoms with Crippen LogP contribution < -0.4 is 0 Å². The lowest BCUT2D eigenvalue weighted by Gasteiger charge is -2.11. The van der Waals surface area contributed by atoms with Crippen molar-refractivity contribution in [1.82, 2.24) is 4.90 Å². The quantitative estimate of drug-likeness (QED) is 0.646. The summed E-state index contributed by atoms with van der Waals surface area (Å²) in [5.41, 5.74) is 2.75. The van der Waals surface area contributed by atoms with Gasteiger partial charge in [0.05, 0.1) is 5.92 Å². The standard InChI is InChI=1S/C20H17NO3/c1-14-7-9-15(10-8-14)11-12-18(22)21-13-17(19(23)20(21)24)16-5-3-2-4-6-16/h2-12,17H,13H2,1H3/b12-11+/t17-/m0/s1. The topological polar surface area (TPSA) is 54.5 Å². The van der Waals surface area contributed by atoms with Gasteiger partial charge in [0.15, 0.2) is 0 Å². The van der Waals surface area contributed by atoms with Gasteiger partial charge in [0.25, 0.3) is 11.8 Å². The second kappa shape index (κ2) is 6.62. The second-order valence-electron chi connectivity index (χ2n) is 5.83. The maximum atomic E-state index is 12.3. The molecule has 1 aliphatic heterocycles. The molecule has 2 aromatic carbocycles. The molecule has 24 heavy (non-hydrogen) atoms.